The van der Waals surface area contributed by atoms with E-state index in [1.54, 1.807) is 24.2 Å². The number of pyridine rings is 1. The molecule has 7 nitrogen and oxygen atoms in total. The van der Waals surface area contributed by atoms with Crippen LogP contribution in [0.1, 0.15) is 24.1 Å². The molecule has 0 unspecified atom stereocenters. The predicted molar refractivity (Wildman–Crippen MR) is 107 cm³/mol. The van der Waals surface area contributed by atoms with Gasteiger partial charge in [0.15, 0.2) is 0 Å². The molecule has 2 aromatic heterocycles. The zero-order valence-electron chi connectivity index (χ0n) is 16.4. The van der Waals surface area contributed by atoms with Gasteiger partial charge in [0, 0.05) is 36.8 Å². The van der Waals surface area contributed by atoms with Crippen LogP contribution in [0.5, 0.6) is 5.75 Å². The minimum atomic E-state index is -0.140. The smallest absolute Gasteiger partial charge is 0.234 e. The van der Waals surface area contributed by atoms with Crippen LogP contribution in [-0.2, 0) is 11.3 Å². The zero-order valence-corrected chi connectivity index (χ0v) is 16.4. The van der Waals surface area contributed by atoms with Crippen LogP contribution in [0.25, 0.3) is 5.69 Å². The van der Waals surface area contributed by atoms with Gasteiger partial charge in [0.05, 0.1) is 31.6 Å². The fraction of sp³-hybridized carbons (Fsp3) is 0.286. The first-order chi connectivity index (χ1) is 13.5. The van der Waals surface area contributed by atoms with Crippen molar-refractivity contribution in [2.45, 2.75) is 19.5 Å². The Morgan fingerprint density at radius 1 is 1.29 bits per heavy atom. The van der Waals surface area contributed by atoms with Gasteiger partial charge >= 0.3 is 0 Å². The van der Waals surface area contributed by atoms with Crippen molar-refractivity contribution in [1.29, 1.82) is 0 Å². The van der Waals surface area contributed by atoms with Crippen LogP contribution in [0.4, 0.5) is 0 Å². The average molecular weight is 379 g/mol. The van der Waals surface area contributed by atoms with Crippen molar-refractivity contribution >= 4 is 5.91 Å². The summed E-state index contributed by atoms with van der Waals surface area (Å²) in [5.74, 6) is 0.737. The van der Waals surface area contributed by atoms with E-state index in [0.29, 0.717) is 13.1 Å². The van der Waals surface area contributed by atoms with Crippen molar-refractivity contribution in [2.24, 2.45) is 0 Å². The van der Waals surface area contributed by atoms with Gasteiger partial charge in [-0.15, -0.1) is 0 Å². The quantitative estimate of drug-likeness (QED) is 0.651. The van der Waals surface area contributed by atoms with Crippen LogP contribution in [0.15, 0.2) is 61.2 Å². The fourth-order valence-electron chi connectivity index (χ4n) is 2.93. The molecule has 0 aliphatic carbocycles. The number of carbonyl (C=O) groups excluding carboxylic acids is 1. The lowest BCUT2D eigenvalue weighted by Gasteiger charge is -2.18. The van der Waals surface area contributed by atoms with Crippen LogP contribution in [-0.4, -0.2) is 46.3 Å². The van der Waals surface area contributed by atoms with Crippen LogP contribution >= 0.6 is 0 Å². The summed E-state index contributed by atoms with van der Waals surface area (Å²) in [6.07, 6.45) is 7.23. The highest BCUT2D eigenvalue weighted by molar-refractivity contribution is 5.78. The number of benzene rings is 1. The van der Waals surface area contributed by atoms with Crippen molar-refractivity contribution in [2.75, 3.05) is 20.7 Å². The van der Waals surface area contributed by atoms with Crippen molar-refractivity contribution in [3.63, 3.8) is 0 Å². The minimum absolute atomic E-state index is 0.0342. The van der Waals surface area contributed by atoms with E-state index in [-0.39, 0.29) is 11.9 Å². The Labute approximate surface area is 165 Å². The second-order valence-corrected chi connectivity index (χ2v) is 6.74. The molecule has 0 spiro atoms. The Balaban J connectivity index is 1.56. The van der Waals surface area contributed by atoms with E-state index in [0.717, 1.165) is 22.6 Å². The molecule has 0 aliphatic rings. The van der Waals surface area contributed by atoms with Crippen molar-refractivity contribution in [3.05, 3.63) is 72.3 Å². The van der Waals surface area contributed by atoms with E-state index in [2.05, 4.69) is 15.4 Å². The highest BCUT2D eigenvalue weighted by atomic mass is 16.5. The lowest BCUT2D eigenvalue weighted by molar-refractivity contribution is -0.122. The van der Waals surface area contributed by atoms with Crippen molar-refractivity contribution < 1.29 is 9.53 Å². The van der Waals surface area contributed by atoms with E-state index >= 15 is 0 Å². The number of aromatic nitrogens is 3. The number of rotatable bonds is 8. The van der Waals surface area contributed by atoms with Crippen molar-refractivity contribution in [3.8, 4) is 11.4 Å². The molecule has 1 N–H and O–H groups in total. The molecule has 3 rings (SSSR count). The lowest BCUT2D eigenvalue weighted by atomic mass is 10.2. The molecule has 1 aromatic carbocycles. The first-order valence-electron chi connectivity index (χ1n) is 9.11. The molecule has 146 valence electrons. The highest BCUT2D eigenvalue weighted by Crippen LogP contribution is 2.18. The third-order valence-corrected chi connectivity index (χ3v) is 4.39. The van der Waals surface area contributed by atoms with Crippen LogP contribution in [0, 0.1) is 0 Å². The van der Waals surface area contributed by atoms with Gasteiger partial charge in [-0.05, 0) is 37.7 Å². The van der Waals surface area contributed by atoms with Gasteiger partial charge in [-0.3, -0.25) is 14.7 Å². The number of hydrogen-bond donors (Lipinski definition) is 1. The van der Waals surface area contributed by atoms with Gasteiger partial charge in [0.2, 0.25) is 5.91 Å². The SMILES string of the molecule is COc1cccc(-n2cc([C@H](C)NC(=O)CN(C)Cc3cccnc3)cn2)c1. The summed E-state index contributed by atoms with van der Waals surface area (Å²) in [4.78, 5) is 18.4. The molecular weight excluding hydrogens is 354 g/mol. The maximum Gasteiger partial charge on any atom is 0.234 e. The summed E-state index contributed by atoms with van der Waals surface area (Å²) in [7, 11) is 3.55. The number of methoxy groups -OCH3 is 1. The summed E-state index contributed by atoms with van der Waals surface area (Å²) in [6, 6.07) is 11.4. The van der Waals surface area contributed by atoms with E-state index < -0.39 is 0 Å². The minimum Gasteiger partial charge on any atom is -0.497 e. The second-order valence-electron chi connectivity index (χ2n) is 6.74. The summed E-state index contributed by atoms with van der Waals surface area (Å²) in [5, 5.41) is 7.43. The maximum atomic E-state index is 12.4. The maximum absolute atomic E-state index is 12.4. The lowest BCUT2D eigenvalue weighted by Crippen LogP contribution is -2.36. The van der Waals surface area contributed by atoms with E-state index in [9.17, 15) is 4.79 Å². The van der Waals surface area contributed by atoms with E-state index in [4.69, 9.17) is 4.74 Å². The molecule has 1 amide bonds. The van der Waals surface area contributed by atoms with Gasteiger partial charge in [-0.25, -0.2) is 4.68 Å². The van der Waals surface area contributed by atoms with E-state index in [1.165, 1.54) is 0 Å². The summed E-state index contributed by atoms with van der Waals surface area (Å²) in [6.45, 7) is 2.93. The van der Waals surface area contributed by atoms with Gasteiger partial charge in [0.1, 0.15) is 5.75 Å². The molecule has 0 fully saturated rings. The molecule has 1 atom stereocenters. The van der Waals surface area contributed by atoms with Gasteiger partial charge in [-0.2, -0.15) is 5.10 Å². The monoisotopic (exact) mass is 379 g/mol. The molecule has 0 saturated heterocycles. The largest absolute Gasteiger partial charge is 0.497 e. The Morgan fingerprint density at radius 3 is 2.89 bits per heavy atom. The molecule has 7 heteroatoms. The number of carbonyl (C=O) groups is 1. The third kappa shape index (κ3) is 5.17. The Morgan fingerprint density at radius 2 is 2.14 bits per heavy atom. The molecule has 0 aliphatic heterocycles. The summed E-state index contributed by atoms with van der Waals surface area (Å²) >= 11 is 0. The predicted octanol–water partition coefficient (Wildman–Crippen LogP) is 2.59. The number of hydrogen-bond acceptors (Lipinski definition) is 5. The standard InChI is InChI=1S/C21H25N5O2/c1-16(24-21(27)15-25(2)13-17-6-5-9-22-11-17)18-12-23-26(14-18)19-7-4-8-20(10-19)28-3/h4-12,14,16H,13,15H2,1-3H3,(H,24,27)/t16-/m0/s1. The molecule has 0 bridgehead atoms. The van der Waals surface area contributed by atoms with Crippen LogP contribution < -0.4 is 10.1 Å². The summed E-state index contributed by atoms with van der Waals surface area (Å²) in [5.41, 5.74) is 2.91. The molecule has 0 radical (unpaired) electrons. The first kappa shape index (κ1) is 19.6. The van der Waals surface area contributed by atoms with E-state index in [1.807, 2.05) is 67.7 Å². The average Bonchev–Trinajstić information content (AvgIpc) is 3.19. The van der Waals surface area contributed by atoms with Crippen LogP contribution in [0.3, 0.4) is 0 Å². The van der Waals surface area contributed by atoms with Gasteiger partial charge in [-0.1, -0.05) is 12.1 Å². The molecular formula is C21H25N5O2. The number of nitrogens with one attached hydrogen (secondary N) is 1. The highest BCUT2D eigenvalue weighted by Gasteiger charge is 2.14. The molecule has 28 heavy (non-hydrogen) atoms. The second kappa shape index (κ2) is 9.14. The Bertz CT molecular complexity index is 910. The fourth-order valence-corrected chi connectivity index (χ4v) is 2.93. The van der Waals surface area contributed by atoms with Crippen LogP contribution in [0.2, 0.25) is 0 Å². The summed E-state index contributed by atoms with van der Waals surface area (Å²) < 4.78 is 7.03. The third-order valence-electron chi connectivity index (χ3n) is 4.39. The number of nitrogens with zero attached hydrogens (tertiary/aromatic N) is 4. The molecule has 0 saturated carbocycles. The Kier molecular flexibility index (Phi) is 6.39. The number of likely N-dealkylation sites (N-methyl/N-ethyl adjacent to an activating group) is 1. The normalized spacial score (nSPS) is 12.0. The van der Waals surface area contributed by atoms with Crippen molar-refractivity contribution in [1.82, 2.24) is 25.0 Å². The Hall–Kier alpha value is -3.19. The molecule has 3 aromatic rings. The number of amides is 1. The molecule has 2 heterocycles. The number of ether oxygens (including phenoxy) is 1. The topological polar surface area (TPSA) is 72.3 Å². The first-order valence-corrected chi connectivity index (χ1v) is 9.11. The van der Waals surface area contributed by atoms with Gasteiger partial charge in [0.25, 0.3) is 0 Å². The van der Waals surface area contributed by atoms with Gasteiger partial charge < -0.3 is 10.1 Å². The zero-order chi connectivity index (χ0) is 19.9.